The van der Waals surface area contributed by atoms with Crippen LogP contribution in [0.4, 0.5) is 13.2 Å². The summed E-state index contributed by atoms with van der Waals surface area (Å²) < 4.78 is 46.7. The second-order valence-corrected chi connectivity index (χ2v) is 8.55. The molecule has 0 bridgehead atoms. The molecule has 8 heteroatoms. The number of hydrogen-bond acceptors (Lipinski definition) is 3. The Bertz CT molecular complexity index is 1200. The van der Waals surface area contributed by atoms with Crippen molar-refractivity contribution in [2.45, 2.75) is 31.7 Å². The average Bonchev–Trinajstić information content (AvgIpc) is 3.28. The van der Waals surface area contributed by atoms with E-state index in [1.807, 2.05) is 0 Å². The zero-order valence-electron chi connectivity index (χ0n) is 17.1. The summed E-state index contributed by atoms with van der Waals surface area (Å²) in [6, 6.07) is 7.37. The molecular weight excluding hydrogens is 421 g/mol. The number of carbonyl (C=O) groups excluding carboxylic acids is 2. The monoisotopic (exact) mass is 442 g/mol. The molecule has 1 aliphatic carbocycles. The van der Waals surface area contributed by atoms with Crippen molar-refractivity contribution in [1.82, 2.24) is 10.3 Å². The number of H-pyrrole nitrogens is 1. The molecule has 1 atom stereocenters. The Hall–Kier alpha value is -3.29. The molecule has 2 fully saturated rings. The number of nitrogens with one attached hydrogen (secondary N) is 2. The first kappa shape index (κ1) is 20.6. The minimum absolute atomic E-state index is 0.144. The number of hydrogen-bond donors (Lipinski definition) is 2. The Morgan fingerprint density at radius 2 is 1.84 bits per heavy atom. The third-order valence-electron chi connectivity index (χ3n) is 6.42. The second kappa shape index (κ2) is 8.00. The fourth-order valence-corrected chi connectivity index (χ4v) is 4.67. The molecule has 2 heterocycles. The summed E-state index contributed by atoms with van der Waals surface area (Å²) in [5.74, 6) is -2.38. The van der Waals surface area contributed by atoms with Crippen LogP contribution in [0.5, 0.6) is 0 Å². The summed E-state index contributed by atoms with van der Waals surface area (Å²) in [4.78, 5) is 27.0. The number of amides is 1. The van der Waals surface area contributed by atoms with Crippen LogP contribution in [0.15, 0.2) is 36.4 Å². The van der Waals surface area contributed by atoms with Gasteiger partial charge in [-0.25, -0.2) is 18.0 Å². The zero-order valence-corrected chi connectivity index (χ0v) is 17.1. The smallest absolute Gasteiger partial charge is 0.328 e. The SMILES string of the molecule is O=C(N[C@H]1CCOC1=O)C1CC(Cc2c(-c3ccc(F)cc3)[nH]c3c(F)cc(F)cc23)C1. The molecule has 1 aromatic heterocycles. The van der Waals surface area contributed by atoms with E-state index in [0.29, 0.717) is 48.9 Å². The lowest BCUT2D eigenvalue weighted by molar-refractivity contribution is -0.142. The van der Waals surface area contributed by atoms with Gasteiger partial charge in [0, 0.05) is 29.5 Å². The summed E-state index contributed by atoms with van der Waals surface area (Å²) in [5.41, 5.74) is 2.24. The number of rotatable bonds is 5. The van der Waals surface area contributed by atoms with Gasteiger partial charge in [0.1, 0.15) is 23.5 Å². The van der Waals surface area contributed by atoms with E-state index in [0.717, 1.165) is 11.6 Å². The minimum Gasteiger partial charge on any atom is -0.464 e. The van der Waals surface area contributed by atoms with Gasteiger partial charge in [-0.2, -0.15) is 0 Å². The number of esters is 1. The predicted molar refractivity (Wildman–Crippen MR) is 111 cm³/mol. The van der Waals surface area contributed by atoms with Crippen molar-refractivity contribution in [1.29, 1.82) is 0 Å². The van der Waals surface area contributed by atoms with Crippen LogP contribution in [0, 0.1) is 29.3 Å². The molecule has 5 nitrogen and oxygen atoms in total. The summed E-state index contributed by atoms with van der Waals surface area (Å²) in [5, 5.41) is 3.19. The van der Waals surface area contributed by atoms with Crippen molar-refractivity contribution in [3.8, 4) is 11.3 Å². The Balaban J connectivity index is 1.37. The highest BCUT2D eigenvalue weighted by Gasteiger charge is 2.38. The first-order valence-electron chi connectivity index (χ1n) is 10.6. The van der Waals surface area contributed by atoms with Gasteiger partial charge in [-0.3, -0.25) is 4.79 Å². The van der Waals surface area contributed by atoms with Crippen LogP contribution < -0.4 is 5.32 Å². The molecule has 32 heavy (non-hydrogen) atoms. The summed E-state index contributed by atoms with van der Waals surface area (Å²) >= 11 is 0. The lowest BCUT2D eigenvalue weighted by Crippen LogP contribution is -2.45. The molecule has 1 aliphatic heterocycles. The molecule has 166 valence electrons. The fraction of sp³-hybridized carbons (Fsp3) is 0.333. The van der Waals surface area contributed by atoms with E-state index < -0.39 is 23.6 Å². The predicted octanol–water partition coefficient (Wildman–Crippen LogP) is 4.25. The molecule has 0 spiro atoms. The van der Waals surface area contributed by atoms with Crippen LogP contribution in [0.1, 0.15) is 24.8 Å². The Kier molecular flexibility index (Phi) is 5.15. The number of ether oxygens (including phenoxy) is 1. The van der Waals surface area contributed by atoms with E-state index in [1.54, 1.807) is 12.1 Å². The van der Waals surface area contributed by atoms with Gasteiger partial charge in [-0.05, 0) is 66.6 Å². The van der Waals surface area contributed by atoms with Crippen LogP contribution in [0.3, 0.4) is 0 Å². The van der Waals surface area contributed by atoms with E-state index in [9.17, 15) is 22.8 Å². The first-order chi connectivity index (χ1) is 15.4. The lowest BCUT2D eigenvalue weighted by Gasteiger charge is -2.35. The minimum atomic E-state index is -0.691. The van der Waals surface area contributed by atoms with Crippen molar-refractivity contribution in [3.05, 3.63) is 59.4 Å². The maximum absolute atomic E-state index is 14.4. The quantitative estimate of drug-likeness (QED) is 0.581. The topological polar surface area (TPSA) is 71.2 Å². The van der Waals surface area contributed by atoms with E-state index >= 15 is 0 Å². The van der Waals surface area contributed by atoms with Gasteiger partial charge in [0.15, 0.2) is 0 Å². The number of halogens is 3. The van der Waals surface area contributed by atoms with Crippen molar-refractivity contribution in [2.75, 3.05) is 6.61 Å². The largest absolute Gasteiger partial charge is 0.464 e. The molecule has 0 radical (unpaired) electrons. The number of benzene rings is 2. The second-order valence-electron chi connectivity index (χ2n) is 8.55. The van der Waals surface area contributed by atoms with E-state index in [-0.39, 0.29) is 29.1 Å². The number of aromatic amines is 1. The number of cyclic esters (lactones) is 1. The molecule has 2 aliphatic rings. The van der Waals surface area contributed by atoms with Crippen LogP contribution >= 0.6 is 0 Å². The van der Waals surface area contributed by atoms with Crippen molar-refractivity contribution in [3.63, 3.8) is 0 Å². The third kappa shape index (κ3) is 3.74. The molecule has 1 saturated heterocycles. The summed E-state index contributed by atoms with van der Waals surface area (Å²) in [6.07, 6.45) is 2.22. The van der Waals surface area contributed by atoms with Gasteiger partial charge in [0.25, 0.3) is 0 Å². The van der Waals surface area contributed by atoms with Crippen molar-refractivity contribution in [2.24, 2.45) is 11.8 Å². The van der Waals surface area contributed by atoms with Crippen molar-refractivity contribution >= 4 is 22.8 Å². The van der Waals surface area contributed by atoms with Crippen LogP contribution in [0.2, 0.25) is 0 Å². The molecule has 1 saturated carbocycles. The summed E-state index contributed by atoms with van der Waals surface area (Å²) in [7, 11) is 0. The summed E-state index contributed by atoms with van der Waals surface area (Å²) in [6.45, 7) is 0.316. The van der Waals surface area contributed by atoms with Gasteiger partial charge >= 0.3 is 5.97 Å². The fourth-order valence-electron chi connectivity index (χ4n) is 4.67. The maximum atomic E-state index is 14.4. The Morgan fingerprint density at radius 3 is 2.53 bits per heavy atom. The van der Waals surface area contributed by atoms with E-state index in [2.05, 4.69) is 10.3 Å². The molecule has 1 amide bonds. The van der Waals surface area contributed by atoms with Gasteiger partial charge in [0.05, 0.1) is 12.1 Å². The van der Waals surface area contributed by atoms with E-state index in [4.69, 9.17) is 4.74 Å². The molecule has 2 N–H and O–H groups in total. The standard InChI is InChI=1S/C24H21F3N2O3/c25-15-3-1-13(2-4-15)21-17(18-10-16(26)11-19(27)22(18)29-21)9-12-7-14(8-12)23(30)28-20-5-6-32-24(20)31/h1-4,10-12,14,20,29H,5-9H2,(H,28,30)/t12?,14?,20-/m0/s1. The molecule has 5 rings (SSSR count). The Labute approximate surface area is 182 Å². The molecular formula is C24H21F3N2O3. The third-order valence-corrected chi connectivity index (χ3v) is 6.42. The lowest BCUT2D eigenvalue weighted by atomic mass is 9.71. The first-order valence-corrected chi connectivity index (χ1v) is 10.6. The maximum Gasteiger partial charge on any atom is 0.328 e. The highest BCUT2D eigenvalue weighted by atomic mass is 19.1. The highest BCUT2D eigenvalue weighted by Crippen LogP contribution is 2.41. The highest BCUT2D eigenvalue weighted by molar-refractivity contribution is 5.91. The van der Waals surface area contributed by atoms with Gasteiger partial charge < -0.3 is 15.0 Å². The number of aromatic nitrogens is 1. The molecule has 2 aromatic carbocycles. The zero-order chi connectivity index (χ0) is 22.4. The van der Waals surface area contributed by atoms with Gasteiger partial charge in [-0.15, -0.1) is 0 Å². The van der Waals surface area contributed by atoms with E-state index in [1.165, 1.54) is 18.2 Å². The number of fused-ring (bicyclic) bond motifs is 1. The Morgan fingerprint density at radius 1 is 1.09 bits per heavy atom. The normalized spacial score (nSPS) is 22.6. The molecule has 3 aromatic rings. The van der Waals surface area contributed by atoms with Gasteiger partial charge in [0.2, 0.25) is 5.91 Å². The van der Waals surface area contributed by atoms with Gasteiger partial charge in [-0.1, -0.05) is 0 Å². The molecule has 0 unspecified atom stereocenters. The number of carbonyl (C=O) groups is 2. The van der Waals surface area contributed by atoms with Crippen LogP contribution in [0.25, 0.3) is 22.2 Å². The van der Waals surface area contributed by atoms with Crippen molar-refractivity contribution < 1.29 is 27.5 Å². The van der Waals surface area contributed by atoms with Crippen LogP contribution in [-0.2, 0) is 20.7 Å². The van der Waals surface area contributed by atoms with Crippen LogP contribution in [-0.4, -0.2) is 29.5 Å². The average molecular weight is 442 g/mol.